The summed E-state index contributed by atoms with van der Waals surface area (Å²) >= 11 is 0. The van der Waals surface area contributed by atoms with Crippen LogP contribution in [-0.4, -0.2) is 39.7 Å². The molecule has 1 aliphatic carbocycles. The minimum absolute atomic E-state index is 0.244. The Morgan fingerprint density at radius 2 is 1.88 bits per heavy atom. The first kappa shape index (κ1) is 23.3. The third-order valence-electron chi connectivity index (χ3n) is 6.01. The van der Waals surface area contributed by atoms with Crippen molar-refractivity contribution in [2.24, 2.45) is 13.0 Å². The van der Waals surface area contributed by atoms with E-state index in [4.69, 9.17) is 4.74 Å². The molecule has 2 aromatic heterocycles. The van der Waals surface area contributed by atoms with Gasteiger partial charge in [0.2, 0.25) is 5.91 Å². The van der Waals surface area contributed by atoms with Crippen LogP contribution in [0.15, 0.2) is 55.1 Å². The Bertz CT molecular complexity index is 1120. The first-order valence-electron chi connectivity index (χ1n) is 11.5. The topological polar surface area (TPSA) is 110 Å². The van der Waals surface area contributed by atoms with Gasteiger partial charge in [0.15, 0.2) is 0 Å². The molecule has 0 unspecified atom stereocenters. The van der Waals surface area contributed by atoms with Gasteiger partial charge in [-0.05, 0) is 36.6 Å². The zero-order valence-electron chi connectivity index (χ0n) is 19.5. The van der Waals surface area contributed by atoms with Gasteiger partial charge in [0, 0.05) is 48.6 Å². The normalized spacial score (nSPS) is 14.4. The second kappa shape index (κ2) is 10.8. The van der Waals surface area contributed by atoms with E-state index >= 15 is 0 Å². The van der Waals surface area contributed by atoms with Crippen LogP contribution < -0.4 is 20.7 Å². The molecule has 34 heavy (non-hydrogen) atoms. The fraction of sp³-hybridized carbons (Fsp3) is 0.360. The number of hydrogen-bond donors (Lipinski definition) is 3. The molecule has 9 nitrogen and oxygen atoms in total. The van der Waals surface area contributed by atoms with E-state index < -0.39 is 6.04 Å². The molecule has 2 amide bonds. The lowest BCUT2D eigenvalue weighted by atomic mass is 9.97. The summed E-state index contributed by atoms with van der Waals surface area (Å²) in [6.07, 6.45) is 11.8. The van der Waals surface area contributed by atoms with E-state index in [0.29, 0.717) is 35.0 Å². The van der Waals surface area contributed by atoms with Gasteiger partial charge in [-0.25, -0.2) is 0 Å². The Kier molecular flexibility index (Phi) is 7.41. The van der Waals surface area contributed by atoms with Crippen molar-refractivity contribution < 1.29 is 14.3 Å². The molecular formula is C25H30N6O3. The number of aromatic nitrogens is 3. The maximum absolute atomic E-state index is 13.3. The highest BCUT2D eigenvalue weighted by Crippen LogP contribution is 2.29. The van der Waals surface area contributed by atoms with E-state index in [9.17, 15) is 9.59 Å². The highest BCUT2D eigenvalue weighted by atomic mass is 16.5. The molecule has 1 aliphatic rings. The summed E-state index contributed by atoms with van der Waals surface area (Å²) in [6.45, 7) is 0. The van der Waals surface area contributed by atoms with E-state index in [2.05, 4.69) is 26.0 Å². The lowest BCUT2D eigenvalue weighted by Gasteiger charge is -2.21. The highest BCUT2D eigenvalue weighted by molar-refractivity contribution is 6.01. The van der Waals surface area contributed by atoms with Gasteiger partial charge in [-0.3, -0.25) is 19.3 Å². The largest absolute Gasteiger partial charge is 0.497 e. The van der Waals surface area contributed by atoms with Gasteiger partial charge in [0.05, 0.1) is 19.0 Å². The number of amides is 2. The van der Waals surface area contributed by atoms with Crippen molar-refractivity contribution in [2.45, 2.75) is 38.1 Å². The number of nitrogens with zero attached hydrogens (tertiary/aromatic N) is 3. The standard InChI is InChI=1S/C25H30N6O3/c1-31-16-21(15-27-31)29-25(33)23(11-17-5-3-4-6-17)30-24(32)18-12-20(14-22(13-18)34-2)28-19-7-9-26-10-8-19/h7-10,12-17,23H,3-6,11H2,1-2H3,(H,26,28)(H,29,33)(H,30,32)/t23-/m0/s1. The number of carbonyl (C=O) groups excluding carboxylic acids is 2. The van der Waals surface area contributed by atoms with Gasteiger partial charge in [-0.15, -0.1) is 0 Å². The molecule has 3 aromatic rings. The predicted molar refractivity (Wildman–Crippen MR) is 130 cm³/mol. The molecular weight excluding hydrogens is 432 g/mol. The average molecular weight is 463 g/mol. The van der Waals surface area contributed by atoms with Crippen LogP contribution in [0.2, 0.25) is 0 Å². The van der Waals surface area contributed by atoms with Gasteiger partial charge in [0.1, 0.15) is 11.8 Å². The molecule has 1 aromatic carbocycles. The molecule has 0 bridgehead atoms. The second-order valence-corrected chi connectivity index (χ2v) is 8.62. The Morgan fingerprint density at radius 3 is 2.56 bits per heavy atom. The van der Waals surface area contributed by atoms with Gasteiger partial charge in [-0.1, -0.05) is 25.7 Å². The summed E-state index contributed by atoms with van der Waals surface area (Å²) in [5.41, 5.74) is 2.54. The molecule has 1 saturated carbocycles. The number of ether oxygens (including phenoxy) is 1. The monoisotopic (exact) mass is 462 g/mol. The fourth-order valence-electron chi connectivity index (χ4n) is 4.29. The first-order valence-corrected chi connectivity index (χ1v) is 11.5. The molecule has 1 atom stereocenters. The number of pyridine rings is 1. The molecule has 2 heterocycles. The minimum Gasteiger partial charge on any atom is -0.497 e. The van der Waals surface area contributed by atoms with Crippen LogP contribution in [-0.2, 0) is 11.8 Å². The Morgan fingerprint density at radius 1 is 1.12 bits per heavy atom. The molecule has 4 rings (SSSR count). The highest BCUT2D eigenvalue weighted by Gasteiger charge is 2.27. The number of methoxy groups -OCH3 is 1. The summed E-state index contributed by atoms with van der Waals surface area (Å²) in [5, 5.41) is 13.2. The smallest absolute Gasteiger partial charge is 0.252 e. The second-order valence-electron chi connectivity index (χ2n) is 8.62. The van der Waals surface area contributed by atoms with Gasteiger partial charge < -0.3 is 20.7 Å². The number of hydrogen-bond acceptors (Lipinski definition) is 6. The van der Waals surface area contributed by atoms with E-state index in [1.165, 1.54) is 0 Å². The summed E-state index contributed by atoms with van der Waals surface area (Å²) in [5.74, 6) is 0.378. The molecule has 1 fully saturated rings. The van der Waals surface area contributed by atoms with Crippen molar-refractivity contribution in [3.8, 4) is 5.75 Å². The molecule has 3 N–H and O–H groups in total. The quantitative estimate of drug-likeness (QED) is 0.445. The van der Waals surface area contributed by atoms with Crippen molar-refractivity contribution in [3.05, 3.63) is 60.7 Å². The third-order valence-corrected chi connectivity index (χ3v) is 6.01. The number of nitrogens with one attached hydrogen (secondary N) is 3. The van der Waals surface area contributed by atoms with Crippen LogP contribution in [0.25, 0.3) is 0 Å². The number of anilines is 3. The summed E-state index contributed by atoms with van der Waals surface area (Å²) in [6, 6.07) is 8.23. The van der Waals surface area contributed by atoms with Crippen molar-refractivity contribution in [1.29, 1.82) is 0 Å². The van der Waals surface area contributed by atoms with Crippen LogP contribution in [0, 0.1) is 5.92 Å². The molecule has 9 heteroatoms. The number of carbonyl (C=O) groups is 2. The fourth-order valence-corrected chi connectivity index (χ4v) is 4.29. The molecule has 178 valence electrons. The van der Waals surface area contributed by atoms with Crippen LogP contribution in [0.3, 0.4) is 0 Å². The van der Waals surface area contributed by atoms with E-state index in [0.717, 1.165) is 31.4 Å². The van der Waals surface area contributed by atoms with E-state index in [-0.39, 0.29) is 11.8 Å². The van der Waals surface area contributed by atoms with Crippen LogP contribution in [0.1, 0.15) is 42.5 Å². The maximum Gasteiger partial charge on any atom is 0.252 e. The Balaban J connectivity index is 1.52. The molecule has 0 saturated heterocycles. The Hall–Kier alpha value is -3.88. The van der Waals surface area contributed by atoms with Gasteiger partial charge in [0.25, 0.3) is 5.91 Å². The summed E-state index contributed by atoms with van der Waals surface area (Å²) in [4.78, 5) is 30.4. The van der Waals surface area contributed by atoms with Crippen molar-refractivity contribution >= 4 is 28.9 Å². The van der Waals surface area contributed by atoms with Crippen molar-refractivity contribution in [1.82, 2.24) is 20.1 Å². The third kappa shape index (κ3) is 6.12. The Labute approximate surface area is 198 Å². The van der Waals surface area contributed by atoms with E-state index in [1.807, 2.05) is 18.2 Å². The maximum atomic E-state index is 13.3. The number of benzene rings is 1. The van der Waals surface area contributed by atoms with Gasteiger partial charge in [-0.2, -0.15) is 5.10 Å². The van der Waals surface area contributed by atoms with Crippen LogP contribution in [0.5, 0.6) is 5.75 Å². The lowest BCUT2D eigenvalue weighted by Crippen LogP contribution is -2.44. The predicted octanol–water partition coefficient (Wildman–Crippen LogP) is 3.88. The molecule has 0 aliphatic heterocycles. The molecule has 0 spiro atoms. The van der Waals surface area contributed by atoms with E-state index in [1.54, 1.807) is 55.8 Å². The SMILES string of the molecule is COc1cc(Nc2ccncc2)cc(C(=O)N[C@@H](CC2CCCC2)C(=O)Nc2cnn(C)c2)c1. The van der Waals surface area contributed by atoms with Crippen molar-refractivity contribution in [2.75, 3.05) is 17.7 Å². The zero-order valence-corrected chi connectivity index (χ0v) is 19.5. The number of rotatable bonds is 9. The van der Waals surface area contributed by atoms with Crippen LogP contribution in [0.4, 0.5) is 17.1 Å². The van der Waals surface area contributed by atoms with Crippen molar-refractivity contribution in [3.63, 3.8) is 0 Å². The average Bonchev–Trinajstić information content (AvgIpc) is 3.50. The minimum atomic E-state index is -0.654. The first-order chi connectivity index (χ1) is 16.5. The summed E-state index contributed by atoms with van der Waals surface area (Å²) in [7, 11) is 3.34. The lowest BCUT2D eigenvalue weighted by molar-refractivity contribution is -0.118. The van der Waals surface area contributed by atoms with Crippen LogP contribution >= 0.6 is 0 Å². The zero-order chi connectivity index (χ0) is 23.9. The van der Waals surface area contributed by atoms with Gasteiger partial charge >= 0.3 is 0 Å². The molecule has 0 radical (unpaired) electrons. The number of aryl methyl sites for hydroxylation is 1. The summed E-state index contributed by atoms with van der Waals surface area (Å²) < 4.78 is 7.02.